The number of rotatable bonds is 2. The predicted molar refractivity (Wildman–Crippen MR) is 70.9 cm³/mol. The standard InChI is InChI=1S/C15H19NO2/c1-18-13-8-4-7-11-12(10-5-2-3-6-10)9-14(17)16-15(11)13/h4,7-8,10,12H,2-3,5-6,9H2,1H3,(H,16,17). The van der Waals surface area contributed by atoms with Crippen LogP contribution in [0, 0.1) is 5.92 Å². The van der Waals surface area contributed by atoms with E-state index in [0.717, 1.165) is 11.4 Å². The van der Waals surface area contributed by atoms with Crippen LogP contribution in [0.1, 0.15) is 43.6 Å². The lowest BCUT2D eigenvalue weighted by Gasteiger charge is -2.30. The Morgan fingerprint density at radius 2 is 2.06 bits per heavy atom. The predicted octanol–water partition coefficient (Wildman–Crippen LogP) is 3.31. The fourth-order valence-corrected chi connectivity index (χ4v) is 3.44. The minimum absolute atomic E-state index is 0.129. The minimum atomic E-state index is 0.129. The second-order valence-corrected chi connectivity index (χ2v) is 5.33. The first-order valence-electron chi connectivity index (χ1n) is 6.76. The van der Waals surface area contributed by atoms with E-state index >= 15 is 0 Å². The molecule has 1 unspecified atom stereocenters. The smallest absolute Gasteiger partial charge is 0.225 e. The highest BCUT2D eigenvalue weighted by atomic mass is 16.5. The van der Waals surface area contributed by atoms with Crippen molar-refractivity contribution in [1.82, 2.24) is 0 Å². The zero-order valence-corrected chi connectivity index (χ0v) is 10.7. The first-order chi connectivity index (χ1) is 8.79. The number of benzene rings is 1. The summed E-state index contributed by atoms with van der Waals surface area (Å²) in [5.41, 5.74) is 2.16. The van der Waals surface area contributed by atoms with Crippen LogP contribution in [0.15, 0.2) is 18.2 Å². The van der Waals surface area contributed by atoms with Gasteiger partial charge >= 0.3 is 0 Å². The third-order valence-electron chi connectivity index (χ3n) is 4.32. The molecule has 0 saturated heterocycles. The summed E-state index contributed by atoms with van der Waals surface area (Å²) in [5.74, 6) is 1.96. The fraction of sp³-hybridized carbons (Fsp3) is 0.533. The Balaban J connectivity index is 2.01. The van der Waals surface area contributed by atoms with E-state index in [2.05, 4.69) is 11.4 Å². The summed E-state index contributed by atoms with van der Waals surface area (Å²) in [6, 6.07) is 6.08. The molecule has 1 fully saturated rings. The van der Waals surface area contributed by atoms with Gasteiger partial charge in [-0.05, 0) is 36.3 Å². The number of para-hydroxylation sites is 1. The van der Waals surface area contributed by atoms with E-state index in [1.807, 2.05) is 12.1 Å². The first kappa shape index (κ1) is 11.6. The molecule has 1 amide bonds. The van der Waals surface area contributed by atoms with Crippen molar-refractivity contribution in [2.24, 2.45) is 5.92 Å². The zero-order chi connectivity index (χ0) is 12.5. The van der Waals surface area contributed by atoms with E-state index < -0.39 is 0 Å². The molecule has 1 aliphatic carbocycles. The lowest BCUT2D eigenvalue weighted by atomic mass is 9.79. The van der Waals surface area contributed by atoms with Gasteiger partial charge < -0.3 is 10.1 Å². The maximum atomic E-state index is 11.9. The number of methoxy groups -OCH3 is 1. The van der Waals surface area contributed by atoms with Gasteiger partial charge in [-0.2, -0.15) is 0 Å². The highest BCUT2D eigenvalue weighted by Crippen LogP contribution is 2.46. The molecule has 3 rings (SSSR count). The van der Waals surface area contributed by atoms with Crippen molar-refractivity contribution in [3.05, 3.63) is 23.8 Å². The number of anilines is 1. The van der Waals surface area contributed by atoms with Crippen LogP contribution in [-0.4, -0.2) is 13.0 Å². The Labute approximate surface area is 108 Å². The van der Waals surface area contributed by atoms with Crippen LogP contribution >= 0.6 is 0 Å². The largest absolute Gasteiger partial charge is 0.495 e. The van der Waals surface area contributed by atoms with Crippen LogP contribution in [0.3, 0.4) is 0 Å². The average molecular weight is 245 g/mol. The number of hydrogen-bond acceptors (Lipinski definition) is 2. The quantitative estimate of drug-likeness (QED) is 0.868. The van der Waals surface area contributed by atoms with Crippen molar-refractivity contribution in [3.63, 3.8) is 0 Å². The maximum absolute atomic E-state index is 11.9. The molecule has 1 aromatic rings. The van der Waals surface area contributed by atoms with Crippen LogP contribution in [0.2, 0.25) is 0 Å². The monoisotopic (exact) mass is 245 g/mol. The molecule has 1 atom stereocenters. The van der Waals surface area contributed by atoms with Crippen molar-refractivity contribution in [1.29, 1.82) is 0 Å². The van der Waals surface area contributed by atoms with Gasteiger partial charge in [-0.1, -0.05) is 25.0 Å². The normalized spacial score (nSPS) is 23.6. The number of amides is 1. The summed E-state index contributed by atoms with van der Waals surface area (Å²) < 4.78 is 5.36. The Bertz CT molecular complexity index is 464. The topological polar surface area (TPSA) is 38.3 Å². The molecular weight excluding hydrogens is 226 g/mol. The zero-order valence-electron chi connectivity index (χ0n) is 10.7. The summed E-state index contributed by atoms with van der Waals surface area (Å²) in [4.78, 5) is 11.9. The van der Waals surface area contributed by atoms with E-state index in [9.17, 15) is 4.79 Å². The van der Waals surface area contributed by atoms with E-state index in [4.69, 9.17) is 4.74 Å². The third-order valence-corrected chi connectivity index (χ3v) is 4.32. The molecule has 0 aromatic heterocycles. The molecule has 0 bridgehead atoms. The van der Waals surface area contributed by atoms with Gasteiger partial charge in [0.15, 0.2) is 0 Å². The van der Waals surface area contributed by atoms with Crippen molar-refractivity contribution in [3.8, 4) is 5.75 Å². The van der Waals surface area contributed by atoms with Crippen LogP contribution in [0.25, 0.3) is 0 Å². The number of fused-ring (bicyclic) bond motifs is 1. The molecule has 1 aliphatic heterocycles. The van der Waals surface area contributed by atoms with E-state index in [0.29, 0.717) is 18.3 Å². The summed E-state index contributed by atoms with van der Waals surface area (Å²) in [6.07, 6.45) is 5.76. The molecule has 1 aromatic carbocycles. The first-order valence-corrected chi connectivity index (χ1v) is 6.76. The second-order valence-electron chi connectivity index (χ2n) is 5.33. The molecule has 1 saturated carbocycles. The van der Waals surface area contributed by atoms with Crippen molar-refractivity contribution < 1.29 is 9.53 Å². The Kier molecular flexibility index (Phi) is 2.98. The summed E-state index contributed by atoms with van der Waals surface area (Å²) in [6.45, 7) is 0. The summed E-state index contributed by atoms with van der Waals surface area (Å²) >= 11 is 0. The number of hydrogen-bond donors (Lipinski definition) is 1. The van der Waals surface area contributed by atoms with Crippen LogP contribution in [-0.2, 0) is 4.79 Å². The Morgan fingerprint density at radius 3 is 2.78 bits per heavy atom. The molecule has 3 heteroatoms. The van der Waals surface area contributed by atoms with E-state index in [1.54, 1.807) is 7.11 Å². The molecule has 0 spiro atoms. The lowest BCUT2D eigenvalue weighted by Crippen LogP contribution is -2.26. The molecular formula is C15H19NO2. The van der Waals surface area contributed by atoms with Gasteiger partial charge in [0, 0.05) is 6.42 Å². The number of carbonyl (C=O) groups excluding carboxylic acids is 1. The Morgan fingerprint density at radius 1 is 1.28 bits per heavy atom. The van der Waals surface area contributed by atoms with Gasteiger partial charge in [-0.15, -0.1) is 0 Å². The summed E-state index contributed by atoms with van der Waals surface area (Å²) in [5, 5.41) is 2.97. The summed E-state index contributed by atoms with van der Waals surface area (Å²) in [7, 11) is 1.65. The van der Waals surface area contributed by atoms with Gasteiger partial charge in [0.2, 0.25) is 5.91 Å². The SMILES string of the molecule is COc1cccc2c1NC(=O)CC2C1CCCC1. The molecule has 3 nitrogen and oxygen atoms in total. The van der Waals surface area contributed by atoms with E-state index in [1.165, 1.54) is 31.2 Å². The number of nitrogens with one attached hydrogen (secondary N) is 1. The second kappa shape index (κ2) is 4.63. The van der Waals surface area contributed by atoms with E-state index in [-0.39, 0.29) is 5.91 Å². The molecule has 2 aliphatic rings. The van der Waals surface area contributed by atoms with Gasteiger partial charge in [-0.3, -0.25) is 4.79 Å². The highest BCUT2D eigenvalue weighted by Gasteiger charge is 2.34. The third kappa shape index (κ3) is 1.88. The molecule has 96 valence electrons. The van der Waals surface area contributed by atoms with Crippen molar-refractivity contribution in [2.45, 2.75) is 38.0 Å². The molecule has 18 heavy (non-hydrogen) atoms. The van der Waals surface area contributed by atoms with Crippen LogP contribution < -0.4 is 10.1 Å². The van der Waals surface area contributed by atoms with Gasteiger partial charge in [-0.25, -0.2) is 0 Å². The number of ether oxygens (including phenoxy) is 1. The highest BCUT2D eigenvalue weighted by molar-refractivity contribution is 5.96. The maximum Gasteiger partial charge on any atom is 0.225 e. The van der Waals surface area contributed by atoms with Crippen LogP contribution in [0.5, 0.6) is 5.75 Å². The molecule has 1 N–H and O–H groups in total. The van der Waals surface area contributed by atoms with Crippen molar-refractivity contribution in [2.75, 3.05) is 12.4 Å². The lowest BCUT2D eigenvalue weighted by molar-refractivity contribution is -0.117. The van der Waals surface area contributed by atoms with Gasteiger partial charge in [0.1, 0.15) is 5.75 Å². The Hall–Kier alpha value is -1.51. The van der Waals surface area contributed by atoms with Crippen LogP contribution in [0.4, 0.5) is 5.69 Å². The van der Waals surface area contributed by atoms with Gasteiger partial charge in [0.05, 0.1) is 12.8 Å². The average Bonchev–Trinajstić information content (AvgIpc) is 2.90. The molecule has 1 heterocycles. The molecule has 0 radical (unpaired) electrons. The van der Waals surface area contributed by atoms with Gasteiger partial charge in [0.25, 0.3) is 0 Å². The minimum Gasteiger partial charge on any atom is -0.495 e. The fourth-order valence-electron chi connectivity index (χ4n) is 3.44. The van der Waals surface area contributed by atoms with Crippen molar-refractivity contribution >= 4 is 11.6 Å². The number of carbonyl (C=O) groups is 1.